The number of hydrogen-bond donors (Lipinski definition) is 0. The van der Waals surface area contributed by atoms with Gasteiger partial charge in [-0.3, -0.25) is 0 Å². The molecule has 1 fully saturated rings. The van der Waals surface area contributed by atoms with Gasteiger partial charge >= 0.3 is 0 Å². The van der Waals surface area contributed by atoms with Gasteiger partial charge in [-0.05, 0) is 25.0 Å². The molecule has 0 spiro atoms. The van der Waals surface area contributed by atoms with E-state index in [2.05, 4.69) is 17.1 Å². The molecule has 0 saturated carbocycles. The van der Waals surface area contributed by atoms with Gasteiger partial charge in [0, 0.05) is 12.7 Å². The Morgan fingerprint density at radius 2 is 2.33 bits per heavy atom. The van der Waals surface area contributed by atoms with Crippen molar-refractivity contribution in [2.75, 3.05) is 6.61 Å². The summed E-state index contributed by atoms with van der Waals surface area (Å²) in [5.74, 6) is 1.31. The van der Waals surface area contributed by atoms with Crippen LogP contribution in [0.25, 0.3) is 0 Å². The quantitative estimate of drug-likeness (QED) is 0.847. The molecule has 3 rings (SSSR count). The van der Waals surface area contributed by atoms with Gasteiger partial charge in [0.1, 0.15) is 11.6 Å². The summed E-state index contributed by atoms with van der Waals surface area (Å²) in [5, 5.41) is 3.91. The minimum atomic E-state index is -0.338. The molecule has 0 aliphatic carbocycles. The number of benzene rings is 1. The molecule has 1 aromatic carbocycles. The minimum absolute atomic E-state index is 0.141. The standard InChI is InChI=1S/C15H17FN2O3/c1-2-13-12(6-7-19-13)15-17-14(18-21-15)9-20-11-5-3-4-10(16)8-11/h3-5,8,12-13H,2,6-7,9H2,1H3/t12-,13+/m1/s1. The third-order valence-corrected chi connectivity index (χ3v) is 3.58. The fourth-order valence-corrected chi connectivity index (χ4v) is 2.51. The molecule has 2 atom stereocenters. The number of nitrogens with zero attached hydrogens (tertiary/aromatic N) is 2. The normalized spacial score (nSPS) is 21.6. The van der Waals surface area contributed by atoms with Gasteiger partial charge in [0.2, 0.25) is 11.7 Å². The molecular formula is C15H17FN2O3. The predicted octanol–water partition coefficient (Wildman–Crippen LogP) is 3.07. The minimum Gasteiger partial charge on any atom is -0.485 e. The summed E-state index contributed by atoms with van der Waals surface area (Å²) in [5.41, 5.74) is 0. The van der Waals surface area contributed by atoms with Crippen molar-refractivity contribution in [3.63, 3.8) is 0 Å². The summed E-state index contributed by atoms with van der Waals surface area (Å²) in [4.78, 5) is 4.35. The van der Waals surface area contributed by atoms with Crippen molar-refractivity contribution >= 4 is 0 Å². The zero-order valence-corrected chi connectivity index (χ0v) is 11.8. The van der Waals surface area contributed by atoms with Crippen molar-refractivity contribution in [2.24, 2.45) is 0 Å². The van der Waals surface area contributed by atoms with Crippen LogP contribution in [0.2, 0.25) is 0 Å². The highest BCUT2D eigenvalue weighted by Crippen LogP contribution is 2.31. The third kappa shape index (κ3) is 3.21. The average Bonchev–Trinajstić information content (AvgIpc) is 3.13. The van der Waals surface area contributed by atoms with E-state index >= 15 is 0 Å². The number of ether oxygens (including phenoxy) is 2. The molecule has 1 aromatic heterocycles. The maximum Gasteiger partial charge on any atom is 0.232 e. The lowest BCUT2D eigenvalue weighted by Gasteiger charge is -2.11. The van der Waals surface area contributed by atoms with Gasteiger partial charge in [-0.15, -0.1) is 0 Å². The maximum absolute atomic E-state index is 13.0. The second kappa shape index (κ2) is 6.22. The molecule has 1 aliphatic heterocycles. The zero-order valence-electron chi connectivity index (χ0n) is 11.8. The Morgan fingerprint density at radius 3 is 3.14 bits per heavy atom. The van der Waals surface area contributed by atoms with Crippen LogP contribution in [0.15, 0.2) is 28.8 Å². The number of aromatic nitrogens is 2. The molecule has 112 valence electrons. The van der Waals surface area contributed by atoms with Crippen molar-refractivity contribution in [3.05, 3.63) is 41.8 Å². The largest absolute Gasteiger partial charge is 0.485 e. The van der Waals surface area contributed by atoms with Crippen molar-refractivity contribution < 1.29 is 18.4 Å². The molecule has 0 radical (unpaired) electrons. The lowest BCUT2D eigenvalue weighted by Crippen LogP contribution is -2.13. The van der Waals surface area contributed by atoms with Crippen LogP contribution in [0.4, 0.5) is 4.39 Å². The summed E-state index contributed by atoms with van der Waals surface area (Å²) in [6.07, 6.45) is 1.95. The van der Waals surface area contributed by atoms with E-state index < -0.39 is 0 Å². The highest BCUT2D eigenvalue weighted by Gasteiger charge is 2.32. The number of halogens is 1. The second-order valence-corrected chi connectivity index (χ2v) is 5.01. The zero-order chi connectivity index (χ0) is 14.7. The SMILES string of the molecule is CC[C@@H]1OCC[C@H]1c1nc(COc2cccc(F)c2)no1. The second-order valence-electron chi connectivity index (χ2n) is 5.01. The van der Waals surface area contributed by atoms with E-state index in [4.69, 9.17) is 14.0 Å². The van der Waals surface area contributed by atoms with Gasteiger partial charge in [0.25, 0.3) is 0 Å². The predicted molar refractivity (Wildman–Crippen MR) is 72.4 cm³/mol. The Hall–Kier alpha value is -1.95. The first-order valence-electron chi connectivity index (χ1n) is 7.08. The van der Waals surface area contributed by atoms with E-state index in [0.717, 1.165) is 19.4 Å². The van der Waals surface area contributed by atoms with E-state index in [1.165, 1.54) is 12.1 Å². The smallest absolute Gasteiger partial charge is 0.232 e. The molecule has 6 heteroatoms. The molecule has 0 amide bonds. The van der Waals surface area contributed by atoms with Gasteiger partial charge in [0.05, 0.1) is 12.0 Å². The Morgan fingerprint density at radius 1 is 1.43 bits per heavy atom. The molecule has 0 bridgehead atoms. The third-order valence-electron chi connectivity index (χ3n) is 3.58. The van der Waals surface area contributed by atoms with Crippen LogP contribution in [0.5, 0.6) is 5.75 Å². The van der Waals surface area contributed by atoms with Gasteiger partial charge in [0.15, 0.2) is 6.61 Å². The van der Waals surface area contributed by atoms with Crippen LogP contribution in [-0.4, -0.2) is 22.9 Å². The summed E-state index contributed by atoms with van der Waals surface area (Å²) < 4.78 is 29.4. The van der Waals surface area contributed by atoms with Gasteiger partial charge in [-0.2, -0.15) is 4.98 Å². The van der Waals surface area contributed by atoms with Crippen LogP contribution in [0.1, 0.15) is 37.4 Å². The Bertz CT molecular complexity index is 602. The van der Waals surface area contributed by atoms with E-state index in [9.17, 15) is 4.39 Å². The van der Waals surface area contributed by atoms with E-state index in [-0.39, 0.29) is 24.4 Å². The first kappa shape index (κ1) is 14.0. The summed E-state index contributed by atoms with van der Waals surface area (Å²) >= 11 is 0. The van der Waals surface area contributed by atoms with E-state index in [0.29, 0.717) is 17.5 Å². The molecule has 2 aromatic rings. The van der Waals surface area contributed by atoms with Gasteiger partial charge in [-0.25, -0.2) is 4.39 Å². The highest BCUT2D eigenvalue weighted by atomic mass is 19.1. The monoisotopic (exact) mass is 292 g/mol. The molecule has 0 unspecified atom stereocenters. The van der Waals surface area contributed by atoms with Crippen LogP contribution in [0, 0.1) is 5.82 Å². The fourth-order valence-electron chi connectivity index (χ4n) is 2.51. The Kier molecular flexibility index (Phi) is 4.15. The van der Waals surface area contributed by atoms with Crippen molar-refractivity contribution in [3.8, 4) is 5.75 Å². The summed E-state index contributed by atoms with van der Waals surface area (Å²) in [6.45, 7) is 2.95. The Labute approximate surface area is 122 Å². The first-order valence-corrected chi connectivity index (χ1v) is 7.08. The van der Waals surface area contributed by atoms with Crippen LogP contribution in [0.3, 0.4) is 0 Å². The molecule has 1 saturated heterocycles. The van der Waals surface area contributed by atoms with Gasteiger partial charge < -0.3 is 14.0 Å². The molecular weight excluding hydrogens is 275 g/mol. The molecule has 1 aliphatic rings. The van der Waals surface area contributed by atoms with E-state index in [1.54, 1.807) is 12.1 Å². The maximum atomic E-state index is 13.0. The summed E-state index contributed by atoms with van der Waals surface area (Å²) in [7, 11) is 0. The fraction of sp³-hybridized carbons (Fsp3) is 0.467. The average molecular weight is 292 g/mol. The molecule has 2 heterocycles. The van der Waals surface area contributed by atoms with Crippen molar-refractivity contribution in [1.29, 1.82) is 0 Å². The molecule has 21 heavy (non-hydrogen) atoms. The van der Waals surface area contributed by atoms with Crippen LogP contribution in [-0.2, 0) is 11.3 Å². The van der Waals surface area contributed by atoms with Crippen molar-refractivity contribution in [2.45, 2.75) is 38.4 Å². The van der Waals surface area contributed by atoms with E-state index in [1.807, 2.05) is 0 Å². The van der Waals surface area contributed by atoms with Crippen molar-refractivity contribution in [1.82, 2.24) is 10.1 Å². The topological polar surface area (TPSA) is 57.4 Å². The first-order chi connectivity index (χ1) is 10.3. The number of hydrogen-bond acceptors (Lipinski definition) is 5. The highest BCUT2D eigenvalue weighted by molar-refractivity contribution is 5.22. The lowest BCUT2D eigenvalue weighted by atomic mass is 10.00. The van der Waals surface area contributed by atoms with Gasteiger partial charge in [-0.1, -0.05) is 18.1 Å². The molecule has 0 N–H and O–H groups in total. The van der Waals surface area contributed by atoms with Crippen LogP contribution < -0.4 is 4.74 Å². The van der Waals surface area contributed by atoms with Crippen LogP contribution >= 0.6 is 0 Å². The number of rotatable bonds is 5. The lowest BCUT2D eigenvalue weighted by molar-refractivity contribution is 0.0953. The Balaban J connectivity index is 1.63. The molecule has 5 nitrogen and oxygen atoms in total. The summed E-state index contributed by atoms with van der Waals surface area (Å²) in [6, 6.07) is 5.96.